The third-order valence-corrected chi connectivity index (χ3v) is 7.16. The number of halogens is 5. The van der Waals surface area contributed by atoms with E-state index in [-0.39, 0.29) is 46.3 Å². The molecule has 0 spiro atoms. The average molecular weight is 647 g/mol. The molecule has 16 heteroatoms. The number of ether oxygens (including phenoxy) is 2. The summed E-state index contributed by atoms with van der Waals surface area (Å²) in [6, 6.07) is 13.6. The number of aryl methyl sites for hydroxylation is 1. The fourth-order valence-electron chi connectivity index (χ4n) is 4.23. The van der Waals surface area contributed by atoms with E-state index in [0.717, 1.165) is 23.4 Å². The van der Waals surface area contributed by atoms with E-state index >= 15 is 4.39 Å². The SMILES string of the molecule is Cc1ccc(COCC(F)F)c(N2C(=O)CS/C2=N\C(=O)Nc2ccc(-c3ncn(-c4ccc(OC(F)F)cc4)n3)cc2F)c1. The number of urea groups is 1. The maximum Gasteiger partial charge on any atom is 0.387 e. The summed E-state index contributed by atoms with van der Waals surface area (Å²) in [5.74, 6) is -1.08. The predicted molar refractivity (Wildman–Crippen MR) is 157 cm³/mol. The molecule has 1 aliphatic heterocycles. The number of aliphatic imine (C=N–C) groups is 1. The van der Waals surface area contributed by atoms with Crippen LogP contribution in [-0.4, -0.2) is 57.3 Å². The lowest BCUT2D eigenvalue weighted by molar-refractivity contribution is -0.115. The van der Waals surface area contributed by atoms with Crippen LogP contribution in [0, 0.1) is 12.7 Å². The number of aromatic nitrogens is 3. The molecule has 4 aromatic rings. The fraction of sp³-hybridized carbons (Fsp3) is 0.207. The van der Waals surface area contributed by atoms with Gasteiger partial charge in [0.2, 0.25) is 5.91 Å². The molecule has 0 aliphatic carbocycles. The largest absolute Gasteiger partial charge is 0.435 e. The number of benzene rings is 3. The van der Waals surface area contributed by atoms with E-state index in [0.29, 0.717) is 16.9 Å². The number of hydrogen-bond donors (Lipinski definition) is 1. The summed E-state index contributed by atoms with van der Waals surface area (Å²) in [5.41, 5.74) is 2.15. The second-order valence-electron chi connectivity index (χ2n) is 9.46. The lowest BCUT2D eigenvalue weighted by Gasteiger charge is -2.20. The third-order valence-electron chi connectivity index (χ3n) is 6.23. The minimum Gasteiger partial charge on any atom is -0.435 e. The van der Waals surface area contributed by atoms with Crippen molar-refractivity contribution in [3.05, 3.63) is 83.9 Å². The number of carbonyl (C=O) groups is 2. The van der Waals surface area contributed by atoms with E-state index in [4.69, 9.17) is 4.74 Å². The van der Waals surface area contributed by atoms with Crippen molar-refractivity contribution >= 4 is 40.2 Å². The van der Waals surface area contributed by atoms with Gasteiger partial charge in [-0.15, -0.1) is 5.10 Å². The van der Waals surface area contributed by atoms with Crippen molar-refractivity contribution in [2.45, 2.75) is 26.6 Å². The molecule has 1 fully saturated rings. The fourth-order valence-corrected chi connectivity index (χ4v) is 5.09. The van der Waals surface area contributed by atoms with Crippen molar-refractivity contribution in [2.75, 3.05) is 22.6 Å². The Balaban J connectivity index is 1.29. The van der Waals surface area contributed by atoms with Gasteiger partial charge in [0.05, 0.1) is 29.4 Å². The molecule has 5 rings (SSSR count). The second kappa shape index (κ2) is 13.9. The first-order chi connectivity index (χ1) is 21.6. The third kappa shape index (κ3) is 7.82. The van der Waals surface area contributed by atoms with Crippen molar-refractivity contribution in [3.8, 4) is 22.8 Å². The van der Waals surface area contributed by atoms with Crippen molar-refractivity contribution in [1.29, 1.82) is 0 Å². The Labute approximate surface area is 256 Å². The molecule has 1 saturated heterocycles. The molecule has 1 aromatic heterocycles. The molecule has 10 nitrogen and oxygen atoms in total. The van der Waals surface area contributed by atoms with Gasteiger partial charge in [-0.1, -0.05) is 23.9 Å². The van der Waals surface area contributed by atoms with Crippen LogP contribution in [0.4, 0.5) is 38.1 Å². The molecular formula is C29H23F5N6O4S. The van der Waals surface area contributed by atoms with Crippen LogP contribution < -0.4 is 15.0 Å². The smallest absolute Gasteiger partial charge is 0.387 e. The lowest BCUT2D eigenvalue weighted by Crippen LogP contribution is -2.31. The second-order valence-corrected chi connectivity index (χ2v) is 10.4. The van der Waals surface area contributed by atoms with Gasteiger partial charge in [-0.05, 0) is 61.0 Å². The van der Waals surface area contributed by atoms with Crippen molar-refractivity contribution in [1.82, 2.24) is 14.8 Å². The van der Waals surface area contributed by atoms with Gasteiger partial charge < -0.3 is 14.8 Å². The summed E-state index contributed by atoms with van der Waals surface area (Å²) >= 11 is 0.995. The normalized spacial score (nSPS) is 14.2. The number of thioether (sulfide) groups is 1. The molecule has 0 unspecified atom stereocenters. The van der Waals surface area contributed by atoms with E-state index in [1.54, 1.807) is 25.1 Å². The summed E-state index contributed by atoms with van der Waals surface area (Å²) < 4.78 is 75.7. The highest BCUT2D eigenvalue weighted by molar-refractivity contribution is 8.15. The molecule has 3 aromatic carbocycles. The molecule has 234 valence electrons. The van der Waals surface area contributed by atoms with E-state index in [1.165, 1.54) is 52.3 Å². The molecule has 0 bridgehead atoms. The Bertz CT molecular complexity index is 1730. The van der Waals surface area contributed by atoms with Gasteiger partial charge in [0.1, 0.15) is 24.5 Å². The minimum atomic E-state index is -2.95. The maximum atomic E-state index is 15.0. The standard InChI is InChI=1S/C29H23F5N6O4S/c1-16-2-3-18(12-43-13-24(31)32)23(10-16)40-25(41)14-45-29(40)37-28(42)36-22-9-4-17(11-21(22)30)26-35-15-39(38-26)19-5-7-20(8-6-19)44-27(33)34/h2-11,15,24,27H,12-14H2,1H3,(H,36,42)/b37-29-. The summed E-state index contributed by atoms with van der Waals surface area (Å²) in [4.78, 5) is 34.9. The Morgan fingerprint density at radius 2 is 1.87 bits per heavy atom. The quantitative estimate of drug-likeness (QED) is 0.198. The van der Waals surface area contributed by atoms with E-state index in [1.807, 2.05) is 0 Å². The predicted octanol–water partition coefficient (Wildman–Crippen LogP) is 6.43. The number of amidine groups is 1. The van der Waals surface area contributed by atoms with E-state index < -0.39 is 31.5 Å². The van der Waals surface area contributed by atoms with Gasteiger partial charge in [-0.2, -0.15) is 13.8 Å². The van der Waals surface area contributed by atoms with Gasteiger partial charge in [0.25, 0.3) is 6.43 Å². The van der Waals surface area contributed by atoms with Gasteiger partial charge in [0.15, 0.2) is 11.0 Å². The van der Waals surface area contributed by atoms with Crippen molar-refractivity contribution < 1.29 is 41.0 Å². The number of hydrogen-bond acceptors (Lipinski definition) is 7. The molecule has 1 aliphatic rings. The summed E-state index contributed by atoms with van der Waals surface area (Å²) in [5, 5.41) is 6.66. The van der Waals surface area contributed by atoms with Crippen LogP contribution in [0.25, 0.3) is 17.1 Å². The number of carbonyl (C=O) groups excluding carboxylic acids is 2. The number of alkyl halides is 4. The van der Waals surface area contributed by atoms with Crippen LogP contribution in [0.5, 0.6) is 5.75 Å². The monoisotopic (exact) mass is 646 g/mol. The average Bonchev–Trinajstić information content (AvgIpc) is 3.62. The zero-order valence-corrected chi connectivity index (χ0v) is 24.1. The summed E-state index contributed by atoms with van der Waals surface area (Å²) in [6.45, 7) is -2.15. The first-order valence-electron chi connectivity index (χ1n) is 13.1. The molecular weight excluding hydrogens is 623 g/mol. The first kappa shape index (κ1) is 31.6. The molecule has 45 heavy (non-hydrogen) atoms. The Kier molecular flexibility index (Phi) is 9.73. The molecule has 1 N–H and O–H groups in total. The number of anilines is 2. The Morgan fingerprint density at radius 3 is 2.58 bits per heavy atom. The van der Waals surface area contributed by atoms with E-state index in [9.17, 15) is 27.2 Å². The highest BCUT2D eigenvalue weighted by atomic mass is 32.2. The van der Waals surface area contributed by atoms with Gasteiger partial charge in [-0.25, -0.2) is 27.6 Å². The highest BCUT2D eigenvalue weighted by Crippen LogP contribution is 2.32. The number of amides is 3. The lowest BCUT2D eigenvalue weighted by atomic mass is 10.1. The van der Waals surface area contributed by atoms with Crippen LogP contribution in [-0.2, 0) is 16.1 Å². The van der Waals surface area contributed by atoms with Crippen molar-refractivity contribution in [3.63, 3.8) is 0 Å². The van der Waals surface area contributed by atoms with Crippen LogP contribution in [0.3, 0.4) is 0 Å². The highest BCUT2D eigenvalue weighted by Gasteiger charge is 2.32. The molecule has 0 radical (unpaired) electrons. The molecule has 3 amide bonds. The topological polar surface area (TPSA) is 111 Å². The number of nitrogens with zero attached hydrogens (tertiary/aromatic N) is 5. The molecule has 0 atom stereocenters. The number of rotatable bonds is 10. The molecule has 0 saturated carbocycles. The Morgan fingerprint density at radius 1 is 1.09 bits per heavy atom. The van der Waals surface area contributed by atoms with Crippen LogP contribution in [0.1, 0.15) is 11.1 Å². The zero-order valence-electron chi connectivity index (χ0n) is 23.3. The van der Waals surface area contributed by atoms with E-state index in [2.05, 4.69) is 25.1 Å². The Hall–Kier alpha value is -4.83. The van der Waals surface area contributed by atoms with Crippen LogP contribution in [0.15, 0.2) is 72.0 Å². The number of nitrogens with one attached hydrogen (secondary N) is 1. The maximum absolute atomic E-state index is 15.0. The van der Waals surface area contributed by atoms with Crippen LogP contribution in [0.2, 0.25) is 0 Å². The van der Waals surface area contributed by atoms with Gasteiger partial charge in [0, 0.05) is 11.1 Å². The molecule has 2 heterocycles. The first-order valence-corrected chi connectivity index (χ1v) is 14.1. The summed E-state index contributed by atoms with van der Waals surface area (Å²) in [7, 11) is 0. The van der Waals surface area contributed by atoms with Crippen LogP contribution >= 0.6 is 11.8 Å². The van der Waals surface area contributed by atoms with Crippen molar-refractivity contribution in [2.24, 2.45) is 4.99 Å². The summed E-state index contributed by atoms with van der Waals surface area (Å²) in [6.07, 6.45) is -1.30. The minimum absolute atomic E-state index is 0.0201. The van der Waals surface area contributed by atoms with Gasteiger partial charge in [-0.3, -0.25) is 9.69 Å². The zero-order chi connectivity index (χ0) is 32.1. The van der Waals surface area contributed by atoms with Gasteiger partial charge >= 0.3 is 12.6 Å².